The number of thioether (sulfide) groups is 1. The molecule has 0 aromatic heterocycles. The average molecular weight is 309 g/mol. The average Bonchev–Trinajstić information content (AvgIpc) is 2.48. The third kappa shape index (κ3) is 5.34. The molecule has 2 N–H and O–H groups in total. The number of amides is 1. The summed E-state index contributed by atoms with van der Waals surface area (Å²) in [4.78, 5) is 14.4. The van der Waals surface area contributed by atoms with Crippen LogP contribution in [0.4, 0.5) is 5.69 Å². The molecule has 0 spiro atoms. The lowest BCUT2D eigenvalue weighted by molar-refractivity contribution is -0.874. The van der Waals surface area contributed by atoms with Crippen molar-refractivity contribution in [2.75, 3.05) is 38.3 Å². The van der Waals surface area contributed by atoms with Gasteiger partial charge in [-0.1, -0.05) is 12.1 Å². The van der Waals surface area contributed by atoms with Crippen molar-refractivity contribution in [2.45, 2.75) is 30.3 Å². The maximum absolute atomic E-state index is 12.2. The van der Waals surface area contributed by atoms with Gasteiger partial charge in [0.05, 0.1) is 12.7 Å². The Morgan fingerprint density at radius 3 is 2.95 bits per heavy atom. The largest absolute Gasteiger partial charge is 0.372 e. The monoisotopic (exact) mass is 309 g/mol. The van der Waals surface area contributed by atoms with E-state index in [0.29, 0.717) is 12.6 Å². The van der Waals surface area contributed by atoms with E-state index in [9.17, 15) is 4.79 Å². The maximum atomic E-state index is 12.2. The van der Waals surface area contributed by atoms with Gasteiger partial charge in [-0.05, 0) is 37.7 Å². The summed E-state index contributed by atoms with van der Waals surface area (Å²) < 4.78 is 5.73. The second-order valence-electron chi connectivity index (χ2n) is 5.58. The second-order valence-corrected chi connectivity index (χ2v) is 6.42. The van der Waals surface area contributed by atoms with Gasteiger partial charge in [0.2, 0.25) is 0 Å². The quantitative estimate of drug-likeness (QED) is 0.781. The van der Waals surface area contributed by atoms with Gasteiger partial charge >= 0.3 is 0 Å². The van der Waals surface area contributed by atoms with Crippen LogP contribution in [0.3, 0.4) is 0 Å². The Morgan fingerprint density at radius 1 is 1.43 bits per heavy atom. The summed E-state index contributed by atoms with van der Waals surface area (Å²) >= 11 is 1.64. The Bertz CT molecular complexity index is 461. The Morgan fingerprint density at radius 2 is 2.24 bits per heavy atom. The zero-order valence-electron chi connectivity index (χ0n) is 12.9. The third-order valence-corrected chi connectivity index (χ3v) is 4.49. The first kappa shape index (κ1) is 16.3. The fourth-order valence-corrected chi connectivity index (χ4v) is 3.20. The number of carbonyl (C=O) groups is 1. The number of likely N-dealkylation sites (N-methyl/N-ethyl adjacent to an activating group) is 1. The highest BCUT2D eigenvalue weighted by Gasteiger charge is 2.20. The smallest absolute Gasteiger partial charge is 0.279 e. The first-order valence-corrected chi connectivity index (χ1v) is 8.77. The predicted octanol–water partition coefficient (Wildman–Crippen LogP) is 1.43. The van der Waals surface area contributed by atoms with Gasteiger partial charge in [0, 0.05) is 11.5 Å². The number of quaternary nitrogens is 1. The van der Waals surface area contributed by atoms with Crippen LogP contribution in [0.25, 0.3) is 0 Å². The van der Waals surface area contributed by atoms with E-state index < -0.39 is 0 Å². The van der Waals surface area contributed by atoms with Crippen LogP contribution in [0.2, 0.25) is 0 Å². The highest BCUT2D eigenvalue weighted by molar-refractivity contribution is 7.98. The van der Waals surface area contributed by atoms with Crippen LogP contribution < -0.4 is 10.2 Å². The first-order valence-electron chi connectivity index (χ1n) is 7.55. The van der Waals surface area contributed by atoms with Crippen LogP contribution in [-0.4, -0.2) is 45.0 Å². The Balaban J connectivity index is 1.80. The molecule has 0 radical (unpaired) electrons. The van der Waals surface area contributed by atoms with Gasteiger partial charge in [-0.3, -0.25) is 4.79 Å². The Hall–Kier alpha value is -1.04. The van der Waals surface area contributed by atoms with Gasteiger partial charge in [-0.2, -0.15) is 0 Å². The Labute approximate surface area is 131 Å². The molecule has 1 aliphatic heterocycles. The molecule has 5 heteroatoms. The molecule has 2 rings (SSSR count). The summed E-state index contributed by atoms with van der Waals surface area (Å²) in [6.07, 6.45) is 5.86. The van der Waals surface area contributed by atoms with E-state index in [-0.39, 0.29) is 5.91 Å². The van der Waals surface area contributed by atoms with Gasteiger partial charge in [-0.15, -0.1) is 11.8 Å². The molecule has 1 amide bonds. The molecule has 1 fully saturated rings. The van der Waals surface area contributed by atoms with Gasteiger partial charge in [0.1, 0.15) is 12.6 Å². The van der Waals surface area contributed by atoms with Gasteiger partial charge < -0.3 is 15.0 Å². The van der Waals surface area contributed by atoms with Crippen LogP contribution in [0.5, 0.6) is 0 Å². The molecule has 0 saturated carbocycles. The molecule has 21 heavy (non-hydrogen) atoms. The molecule has 1 aliphatic rings. The first-order chi connectivity index (χ1) is 10.2. The molecule has 1 heterocycles. The molecule has 1 aromatic carbocycles. The van der Waals surface area contributed by atoms with Crippen LogP contribution >= 0.6 is 11.8 Å². The molecule has 1 unspecified atom stereocenters. The molecule has 116 valence electrons. The lowest BCUT2D eigenvalue weighted by Crippen LogP contribution is -3.11. The van der Waals surface area contributed by atoms with E-state index >= 15 is 0 Å². The summed E-state index contributed by atoms with van der Waals surface area (Å²) in [7, 11) is 2.05. The molecular weight excluding hydrogens is 284 g/mol. The zero-order chi connectivity index (χ0) is 15.1. The Kier molecular flexibility index (Phi) is 6.54. The number of para-hydroxylation sites is 1. The number of benzene rings is 1. The third-order valence-electron chi connectivity index (χ3n) is 3.69. The number of nitrogens with one attached hydrogen (secondary N) is 2. The van der Waals surface area contributed by atoms with Crippen LogP contribution in [-0.2, 0) is 9.53 Å². The van der Waals surface area contributed by atoms with E-state index in [2.05, 4.69) is 12.4 Å². The maximum Gasteiger partial charge on any atom is 0.279 e. The van der Waals surface area contributed by atoms with Crippen molar-refractivity contribution < 1.29 is 14.4 Å². The van der Waals surface area contributed by atoms with E-state index in [1.807, 2.05) is 30.5 Å². The van der Waals surface area contributed by atoms with E-state index in [0.717, 1.165) is 30.2 Å². The minimum Gasteiger partial charge on any atom is -0.372 e. The van der Waals surface area contributed by atoms with Crippen molar-refractivity contribution in [2.24, 2.45) is 0 Å². The number of carbonyl (C=O) groups excluding carboxylic acids is 1. The SMILES string of the molecule is CSc1ccccc1NC(=O)C[NH+](C)C[C@H]1CCCCO1. The van der Waals surface area contributed by atoms with Crippen LogP contribution in [0, 0.1) is 0 Å². The van der Waals surface area contributed by atoms with Crippen molar-refractivity contribution in [1.29, 1.82) is 0 Å². The summed E-state index contributed by atoms with van der Waals surface area (Å²) in [6.45, 7) is 2.24. The molecule has 1 aromatic rings. The molecular formula is C16H25N2O2S+. The van der Waals surface area contributed by atoms with Crippen molar-refractivity contribution in [3.8, 4) is 0 Å². The van der Waals surface area contributed by atoms with Crippen LogP contribution in [0.1, 0.15) is 19.3 Å². The number of hydrogen-bond acceptors (Lipinski definition) is 3. The fourth-order valence-electron chi connectivity index (χ4n) is 2.65. The number of anilines is 1. The lowest BCUT2D eigenvalue weighted by atomic mass is 10.1. The molecule has 0 aliphatic carbocycles. The summed E-state index contributed by atoms with van der Waals surface area (Å²) in [5.41, 5.74) is 0.900. The van der Waals surface area contributed by atoms with Crippen molar-refractivity contribution in [1.82, 2.24) is 0 Å². The summed E-state index contributed by atoms with van der Waals surface area (Å²) in [6, 6.07) is 7.90. The number of rotatable bonds is 6. The van der Waals surface area contributed by atoms with Crippen molar-refractivity contribution in [3.63, 3.8) is 0 Å². The normalized spacial score (nSPS) is 20.0. The highest BCUT2D eigenvalue weighted by Crippen LogP contribution is 2.24. The molecule has 4 nitrogen and oxygen atoms in total. The van der Waals surface area contributed by atoms with Gasteiger partial charge in [-0.25, -0.2) is 0 Å². The second kappa shape index (κ2) is 8.41. The number of ether oxygens (including phenoxy) is 1. The van der Waals surface area contributed by atoms with Crippen LogP contribution in [0.15, 0.2) is 29.2 Å². The summed E-state index contributed by atoms with van der Waals surface area (Å²) in [5, 5.41) is 3.01. The molecule has 0 bridgehead atoms. The highest BCUT2D eigenvalue weighted by atomic mass is 32.2. The topological polar surface area (TPSA) is 42.8 Å². The van der Waals surface area contributed by atoms with Gasteiger partial charge in [0.15, 0.2) is 6.54 Å². The number of hydrogen-bond donors (Lipinski definition) is 2. The standard InChI is InChI=1S/C16H24N2O2S/c1-18(11-13-7-5-6-10-20-13)12-16(19)17-14-8-3-4-9-15(14)21-2/h3-4,8-9,13H,5-7,10-12H2,1-2H3,(H,17,19)/p+1/t13-/m1/s1. The lowest BCUT2D eigenvalue weighted by Gasteiger charge is -2.25. The fraction of sp³-hybridized carbons (Fsp3) is 0.562. The molecule has 1 saturated heterocycles. The summed E-state index contributed by atoms with van der Waals surface area (Å²) in [5.74, 6) is 0.0600. The van der Waals surface area contributed by atoms with E-state index in [1.54, 1.807) is 11.8 Å². The zero-order valence-corrected chi connectivity index (χ0v) is 13.7. The minimum atomic E-state index is 0.0600. The van der Waals surface area contributed by atoms with Crippen molar-refractivity contribution in [3.05, 3.63) is 24.3 Å². The minimum absolute atomic E-state index is 0.0600. The van der Waals surface area contributed by atoms with E-state index in [4.69, 9.17) is 4.74 Å². The van der Waals surface area contributed by atoms with Gasteiger partial charge in [0.25, 0.3) is 5.91 Å². The molecule has 2 atom stereocenters. The van der Waals surface area contributed by atoms with Crippen molar-refractivity contribution >= 4 is 23.4 Å². The van der Waals surface area contributed by atoms with E-state index in [1.165, 1.54) is 17.7 Å². The predicted molar refractivity (Wildman–Crippen MR) is 87.1 cm³/mol.